The second-order valence-corrected chi connectivity index (χ2v) is 13.2. The number of hydrogen-bond acceptors (Lipinski definition) is 4. The smallest absolute Gasteiger partial charge is 0.309 e. The van der Waals surface area contributed by atoms with E-state index in [9.17, 15) is 4.79 Å². The molecule has 4 nitrogen and oxygen atoms in total. The fraction of sp³-hybridized carbons (Fsp3) is 0.591. The van der Waals surface area contributed by atoms with E-state index in [-0.39, 0.29) is 29.5 Å². The van der Waals surface area contributed by atoms with E-state index in [1.807, 2.05) is 30.4 Å². The van der Waals surface area contributed by atoms with E-state index in [0.29, 0.717) is 13.2 Å². The first-order valence-electron chi connectivity index (χ1n) is 9.60. The van der Waals surface area contributed by atoms with Crippen LogP contribution < -0.4 is 0 Å². The Balaban J connectivity index is 2.76. The zero-order valence-electron chi connectivity index (χ0n) is 18.0. The quantitative estimate of drug-likeness (QED) is 0.306. The molecular weight excluding hydrogens is 356 g/mol. The van der Waals surface area contributed by atoms with Gasteiger partial charge in [-0.3, -0.25) is 4.79 Å². The maximum atomic E-state index is 11.3. The van der Waals surface area contributed by atoms with E-state index >= 15 is 0 Å². The van der Waals surface area contributed by atoms with Crippen molar-refractivity contribution in [3.8, 4) is 0 Å². The molecule has 0 aliphatic heterocycles. The summed E-state index contributed by atoms with van der Waals surface area (Å²) in [6.07, 6.45) is 4.11. The van der Waals surface area contributed by atoms with Crippen LogP contribution in [0.4, 0.5) is 0 Å². The molecule has 5 heteroatoms. The molecule has 0 unspecified atom stereocenters. The lowest BCUT2D eigenvalue weighted by molar-refractivity contribution is -0.139. The summed E-state index contributed by atoms with van der Waals surface area (Å²) in [4.78, 5) is 11.3. The number of hydrogen-bond donors (Lipinski definition) is 0. The highest BCUT2D eigenvalue weighted by atomic mass is 28.4. The van der Waals surface area contributed by atoms with Crippen LogP contribution in [0.15, 0.2) is 42.5 Å². The highest BCUT2D eigenvalue weighted by molar-refractivity contribution is 6.74. The fourth-order valence-corrected chi connectivity index (χ4v) is 3.69. The molecule has 0 spiro atoms. The first-order valence-corrected chi connectivity index (χ1v) is 12.5. The van der Waals surface area contributed by atoms with E-state index in [2.05, 4.69) is 52.9 Å². The maximum Gasteiger partial charge on any atom is 0.309 e. The minimum absolute atomic E-state index is 0.0523. The second kappa shape index (κ2) is 10.8. The average molecular weight is 393 g/mol. The van der Waals surface area contributed by atoms with Gasteiger partial charge in [0.05, 0.1) is 32.8 Å². The Hall–Kier alpha value is -1.43. The molecule has 0 amide bonds. The number of carbonyl (C=O) groups is 1. The molecule has 0 bridgehead atoms. The average Bonchev–Trinajstić information content (AvgIpc) is 2.60. The van der Waals surface area contributed by atoms with Crippen molar-refractivity contribution in [2.75, 3.05) is 13.7 Å². The van der Waals surface area contributed by atoms with Gasteiger partial charge >= 0.3 is 5.97 Å². The lowest BCUT2D eigenvalue weighted by atomic mass is 10.0. The van der Waals surface area contributed by atoms with Crippen LogP contribution in [0.5, 0.6) is 0 Å². The predicted octanol–water partition coefficient (Wildman–Crippen LogP) is 5.35. The summed E-state index contributed by atoms with van der Waals surface area (Å²) in [5, 5.41) is 0.125. The van der Waals surface area contributed by atoms with Crippen LogP contribution in [-0.4, -0.2) is 34.1 Å². The largest absolute Gasteiger partial charge is 0.469 e. The van der Waals surface area contributed by atoms with E-state index in [1.165, 1.54) is 7.11 Å². The van der Waals surface area contributed by atoms with Crippen molar-refractivity contribution in [3.63, 3.8) is 0 Å². The monoisotopic (exact) mass is 392 g/mol. The Kier molecular flexibility index (Phi) is 9.43. The SMILES string of the molecule is COC(=O)C/C=C/[C@@H](C)[C@H](COCc1ccccc1)O[Si](C)(C)C(C)(C)C. The molecule has 0 N–H and O–H groups in total. The standard InChI is InChI=1S/C22H36O4Si/c1-18(12-11-15-21(23)24-5)20(26-27(6,7)22(2,3)4)17-25-16-19-13-9-8-10-14-19/h8-14,18,20H,15-17H2,1-7H3/b12-11+/t18-,20+/m1/s1. The van der Waals surface area contributed by atoms with Gasteiger partial charge in [-0.1, -0.05) is 70.2 Å². The van der Waals surface area contributed by atoms with Gasteiger partial charge in [-0.25, -0.2) is 0 Å². The van der Waals surface area contributed by atoms with Crippen LogP contribution in [-0.2, 0) is 25.3 Å². The molecule has 0 aliphatic carbocycles. The number of carbonyl (C=O) groups excluding carboxylic acids is 1. The molecule has 0 fully saturated rings. The van der Waals surface area contributed by atoms with E-state index in [0.717, 1.165) is 5.56 Å². The van der Waals surface area contributed by atoms with E-state index < -0.39 is 8.32 Å². The number of esters is 1. The van der Waals surface area contributed by atoms with Crippen molar-refractivity contribution < 1.29 is 18.7 Å². The molecule has 1 aromatic rings. The van der Waals surface area contributed by atoms with Crippen LogP contribution in [0.1, 0.15) is 39.7 Å². The molecule has 0 heterocycles. The third kappa shape index (κ3) is 8.41. The topological polar surface area (TPSA) is 44.8 Å². The molecule has 0 radical (unpaired) electrons. The van der Waals surface area contributed by atoms with Crippen molar-refractivity contribution in [2.24, 2.45) is 5.92 Å². The molecule has 0 aliphatic rings. The van der Waals surface area contributed by atoms with Crippen LogP contribution >= 0.6 is 0 Å². The maximum absolute atomic E-state index is 11.3. The first kappa shape index (κ1) is 23.6. The van der Waals surface area contributed by atoms with Gasteiger partial charge in [-0.05, 0) is 23.7 Å². The Morgan fingerprint density at radius 1 is 1.19 bits per heavy atom. The normalized spacial score (nSPS) is 14.9. The minimum Gasteiger partial charge on any atom is -0.469 e. The van der Waals surface area contributed by atoms with Gasteiger partial charge in [0.1, 0.15) is 0 Å². The molecule has 0 saturated heterocycles. The summed E-state index contributed by atoms with van der Waals surface area (Å²) in [6.45, 7) is 14.4. The Morgan fingerprint density at radius 3 is 2.37 bits per heavy atom. The van der Waals surface area contributed by atoms with Gasteiger partial charge < -0.3 is 13.9 Å². The van der Waals surface area contributed by atoms with Crippen molar-refractivity contribution in [1.29, 1.82) is 0 Å². The molecule has 152 valence electrons. The molecule has 0 saturated carbocycles. The molecular formula is C22H36O4Si. The molecule has 1 aromatic carbocycles. The van der Waals surface area contributed by atoms with Crippen molar-refractivity contribution in [1.82, 2.24) is 0 Å². The summed E-state index contributed by atoms with van der Waals surface area (Å²) in [6, 6.07) is 10.1. The van der Waals surface area contributed by atoms with Crippen LogP contribution in [0.2, 0.25) is 18.1 Å². The van der Waals surface area contributed by atoms with Crippen LogP contribution in [0.3, 0.4) is 0 Å². The molecule has 27 heavy (non-hydrogen) atoms. The summed E-state index contributed by atoms with van der Waals surface area (Å²) < 4.78 is 17.3. The third-order valence-electron chi connectivity index (χ3n) is 5.18. The zero-order valence-corrected chi connectivity index (χ0v) is 19.0. The number of methoxy groups -OCH3 is 1. The summed E-state index contributed by atoms with van der Waals surface area (Å²) in [5.74, 6) is -0.0970. The number of benzene rings is 1. The lowest BCUT2D eigenvalue weighted by Crippen LogP contribution is -2.46. The van der Waals surface area contributed by atoms with Gasteiger partial charge in [-0.15, -0.1) is 0 Å². The molecule has 2 atom stereocenters. The highest BCUT2D eigenvalue weighted by Crippen LogP contribution is 2.38. The molecule has 1 rings (SSSR count). The van der Waals surface area contributed by atoms with Gasteiger partial charge in [0, 0.05) is 5.92 Å². The summed E-state index contributed by atoms with van der Waals surface area (Å²) in [5.41, 5.74) is 1.15. The fourth-order valence-electron chi connectivity index (χ4n) is 2.30. The Morgan fingerprint density at radius 2 is 1.81 bits per heavy atom. The van der Waals surface area contributed by atoms with Crippen molar-refractivity contribution in [2.45, 2.75) is 65.0 Å². The first-order chi connectivity index (χ1) is 12.6. The lowest BCUT2D eigenvalue weighted by Gasteiger charge is -2.40. The number of ether oxygens (including phenoxy) is 2. The Labute approximate surface area is 166 Å². The minimum atomic E-state index is -1.93. The van der Waals surface area contributed by atoms with Gasteiger partial charge in [0.25, 0.3) is 0 Å². The highest BCUT2D eigenvalue weighted by Gasteiger charge is 2.40. The van der Waals surface area contributed by atoms with Crippen molar-refractivity contribution >= 4 is 14.3 Å². The second-order valence-electron chi connectivity index (χ2n) is 8.48. The zero-order chi connectivity index (χ0) is 20.5. The summed E-state index contributed by atoms with van der Waals surface area (Å²) >= 11 is 0. The number of rotatable bonds is 10. The Bertz CT molecular complexity index is 590. The van der Waals surface area contributed by atoms with E-state index in [1.54, 1.807) is 0 Å². The van der Waals surface area contributed by atoms with Gasteiger partial charge in [0.2, 0.25) is 0 Å². The van der Waals surface area contributed by atoms with Crippen molar-refractivity contribution in [3.05, 3.63) is 48.0 Å². The predicted molar refractivity (Wildman–Crippen MR) is 113 cm³/mol. The van der Waals surface area contributed by atoms with Gasteiger partial charge in [0.15, 0.2) is 8.32 Å². The van der Waals surface area contributed by atoms with Crippen LogP contribution in [0.25, 0.3) is 0 Å². The van der Waals surface area contributed by atoms with Crippen LogP contribution in [0, 0.1) is 5.92 Å². The third-order valence-corrected chi connectivity index (χ3v) is 9.69. The summed E-state index contributed by atoms with van der Waals surface area (Å²) in [7, 11) is -0.530. The van der Waals surface area contributed by atoms with Gasteiger partial charge in [-0.2, -0.15) is 0 Å². The molecule has 0 aromatic heterocycles. The van der Waals surface area contributed by atoms with E-state index in [4.69, 9.17) is 13.9 Å².